The Balaban J connectivity index is 2.71. The van der Waals surface area contributed by atoms with Gasteiger partial charge < -0.3 is 10.1 Å². The lowest BCUT2D eigenvalue weighted by Crippen LogP contribution is -2.52. The van der Waals surface area contributed by atoms with Gasteiger partial charge in [-0.1, -0.05) is 6.92 Å². The summed E-state index contributed by atoms with van der Waals surface area (Å²) in [4.78, 5) is 0. The zero-order valence-electron chi connectivity index (χ0n) is 11.4. The lowest BCUT2D eigenvalue weighted by molar-refractivity contribution is -0.0714. The van der Waals surface area contributed by atoms with Crippen molar-refractivity contribution in [1.82, 2.24) is 5.32 Å². The van der Waals surface area contributed by atoms with E-state index in [1.54, 1.807) is 0 Å². The summed E-state index contributed by atoms with van der Waals surface area (Å²) < 4.78 is 6.08. The van der Waals surface area contributed by atoms with Crippen molar-refractivity contribution in [3.63, 3.8) is 0 Å². The van der Waals surface area contributed by atoms with Gasteiger partial charge in [0.05, 0.1) is 11.2 Å². The Bertz CT molecular complexity index is 231. The number of ether oxygens (including phenoxy) is 1. The van der Waals surface area contributed by atoms with Crippen LogP contribution < -0.4 is 5.32 Å². The Morgan fingerprint density at radius 1 is 1.27 bits per heavy atom. The van der Waals surface area contributed by atoms with Crippen LogP contribution in [0.2, 0.25) is 0 Å². The molecule has 0 spiro atoms. The molecular weight excluding hydrogens is 186 g/mol. The lowest BCUT2D eigenvalue weighted by Gasteiger charge is -2.35. The third-order valence-electron chi connectivity index (χ3n) is 3.52. The summed E-state index contributed by atoms with van der Waals surface area (Å²) in [6, 6.07) is 0.447. The van der Waals surface area contributed by atoms with Crippen molar-refractivity contribution in [3.05, 3.63) is 0 Å². The fourth-order valence-corrected chi connectivity index (χ4v) is 2.36. The maximum absolute atomic E-state index is 6.08. The second kappa shape index (κ2) is 3.74. The van der Waals surface area contributed by atoms with E-state index in [2.05, 4.69) is 53.8 Å². The Labute approximate surface area is 94.8 Å². The Hall–Kier alpha value is -0.0800. The highest BCUT2D eigenvalue weighted by Gasteiger charge is 2.46. The molecule has 0 saturated carbocycles. The van der Waals surface area contributed by atoms with Crippen LogP contribution in [0, 0.1) is 0 Å². The molecule has 1 aliphatic rings. The van der Waals surface area contributed by atoms with Crippen LogP contribution in [-0.4, -0.2) is 22.8 Å². The van der Waals surface area contributed by atoms with Crippen molar-refractivity contribution in [2.75, 3.05) is 0 Å². The van der Waals surface area contributed by atoms with Crippen LogP contribution in [0.15, 0.2) is 0 Å². The molecule has 2 nitrogen and oxygen atoms in total. The van der Waals surface area contributed by atoms with Crippen molar-refractivity contribution in [3.8, 4) is 0 Å². The van der Waals surface area contributed by atoms with Crippen LogP contribution in [0.4, 0.5) is 0 Å². The van der Waals surface area contributed by atoms with Gasteiger partial charge in [0, 0.05) is 11.6 Å². The van der Waals surface area contributed by atoms with Gasteiger partial charge in [0.2, 0.25) is 0 Å². The number of hydrogen-bond donors (Lipinski definition) is 1. The van der Waals surface area contributed by atoms with Crippen LogP contribution in [0.1, 0.15) is 61.3 Å². The monoisotopic (exact) mass is 213 g/mol. The summed E-state index contributed by atoms with van der Waals surface area (Å²) in [6.07, 6.45) is 2.23. The molecule has 2 heteroatoms. The minimum atomic E-state index is -0.0596. The third-order valence-corrected chi connectivity index (χ3v) is 3.52. The fourth-order valence-electron chi connectivity index (χ4n) is 2.36. The highest BCUT2D eigenvalue weighted by Crippen LogP contribution is 2.38. The van der Waals surface area contributed by atoms with Crippen LogP contribution in [-0.2, 0) is 4.74 Å². The Morgan fingerprint density at radius 3 is 2.13 bits per heavy atom. The quantitative estimate of drug-likeness (QED) is 0.778. The largest absolute Gasteiger partial charge is 0.368 e. The van der Waals surface area contributed by atoms with E-state index in [0.717, 1.165) is 12.8 Å². The summed E-state index contributed by atoms with van der Waals surface area (Å²) in [5.74, 6) is 0. The predicted molar refractivity (Wildman–Crippen MR) is 65.2 cm³/mol. The van der Waals surface area contributed by atoms with Crippen molar-refractivity contribution in [2.24, 2.45) is 0 Å². The van der Waals surface area contributed by atoms with E-state index in [0.29, 0.717) is 6.04 Å². The molecule has 1 fully saturated rings. The minimum absolute atomic E-state index is 0.00495. The number of nitrogens with one attached hydrogen (secondary N) is 1. The average Bonchev–Trinajstić information content (AvgIpc) is 2.18. The molecular formula is C13H27NO. The second-order valence-corrected chi connectivity index (χ2v) is 6.60. The molecule has 1 saturated heterocycles. The standard InChI is InChI=1S/C13H27NO/c1-8-11(2,3)14-10-9-12(4,5)15-13(10,6)7/h10,14H,8-9H2,1-7H3. The van der Waals surface area contributed by atoms with E-state index in [4.69, 9.17) is 4.74 Å². The highest BCUT2D eigenvalue weighted by molar-refractivity contribution is 5.01. The maximum Gasteiger partial charge on any atom is 0.0787 e. The van der Waals surface area contributed by atoms with E-state index in [1.807, 2.05) is 0 Å². The normalized spacial score (nSPS) is 29.4. The van der Waals surface area contributed by atoms with Gasteiger partial charge in [-0.25, -0.2) is 0 Å². The molecule has 0 amide bonds. The second-order valence-electron chi connectivity index (χ2n) is 6.60. The zero-order chi connectivity index (χ0) is 11.9. The molecule has 1 N–H and O–H groups in total. The first-order valence-electron chi connectivity index (χ1n) is 6.06. The highest BCUT2D eigenvalue weighted by atomic mass is 16.5. The van der Waals surface area contributed by atoms with Crippen molar-refractivity contribution < 1.29 is 4.74 Å². The molecule has 0 aromatic carbocycles. The summed E-state index contributed by atoms with van der Waals surface area (Å²) in [5, 5.41) is 3.73. The minimum Gasteiger partial charge on any atom is -0.368 e. The lowest BCUT2D eigenvalue weighted by atomic mass is 9.90. The molecule has 15 heavy (non-hydrogen) atoms. The molecule has 90 valence electrons. The first kappa shape index (κ1) is 13.0. The maximum atomic E-state index is 6.08. The van der Waals surface area contributed by atoms with Crippen molar-refractivity contribution in [1.29, 1.82) is 0 Å². The van der Waals surface area contributed by atoms with Crippen LogP contribution >= 0.6 is 0 Å². The SMILES string of the molecule is CCC(C)(C)NC1CC(C)(C)OC1(C)C. The van der Waals surface area contributed by atoms with Crippen LogP contribution in [0.25, 0.3) is 0 Å². The molecule has 0 aromatic heterocycles. The molecule has 0 bridgehead atoms. The topological polar surface area (TPSA) is 21.3 Å². The van der Waals surface area contributed by atoms with Crippen molar-refractivity contribution >= 4 is 0 Å². The molecule has 0 radical (unpaired) electrons. The predicted octanol–water partition coefficient (Wildman–Crippen LogP) is 3.11. The first-order valence-corrected chi connectivity index (χ1v) is 6.06. The van der Waals surface area contributed by atoms with Crippen LogP contribution in [0.3, 0.4) is 0 Å². The smallest absolute Gasteiger partial charge is 0.0787 e. The van der Waals surface area contributed by atoms with Crippen LogP contribution in [0.5, 0.6) is 0 Å². The number of rotatable bonds is 3. The van der Waals surface area contributed by atoms with Crippen molar-refractivity contribution in [2.45, 2.75) is 84.1 Å². The van der Waals surface area contributed by atoms with Gasteiger partial charge in [-0.15, -0.1) is 0 Å². The van der Waals surface area contributed by atoms with Gasteiger partial charge in [-0.3, -0.25) is 0 Å². The van der Waals surface area contributed by atoms with Gasteiger partial charge in [-0.05, 0) is 54.4 Å². The van der Waals surface area contributed by atoms with Gasteiger partial charge in [0.25, 0.3) is 0 Å². The molecule has 1 heterocycles. The van der Waals surface area contributed by atoms with Gasteiger partial charge in [-0.2, -0.15) is 0 Å². The third kappa shape index (κ3) is 3.18. The zero-order valence-corrected chi connectivity index (χ0v) is 11.4. The first-order chi connectivity index (χ1) is 6.58. The van der Waals surface area contributed by atoms with Gasteiger partial charge in [0.1, 0.15) is 0 Å². The molecule has 1 rings (SSSR count). The molecule has 1 aliphatic heterocycles. The summed E-state index contributed by atoms with van der Waals surface area (Å²) in [5.41, 5.74) is 0.145. The van der Waals surface area contributed by atoms with E-state index in [1.165, 1.54) is 0 Å². The van der Waals surface area contributed by atoms with E-state index < -0.39 is 0 Å². The summed E-state index contributed by atoms with van der Waals surface area (Å²) in [7, 11) is 0. The Morgan fingerprint density at radius 2 is 1.80 bits per heavy atom. The molecule has 0 aliphatic carbocycles. The average molecular weight is 213 g/mol. The summed E-state index contributed by atoms with van der Waals surface area (Å²) >= 11 is 0. The van der Waals surface area contributed by atoms with E-state index in [9.17, 15) is 0 Å². The summed E-state index contributed by atoms with van der Waals surface area (Å²) in [6.45, 7) is 15.5. The van der Waals surface area contributed by atoms with E-state index in [-0.39, 0.29) is 16.7 Å². The van der Waals surface area contributed by atoms with Gasteiger partial charge >= 0.3 is 0 Å². The molecule has 1 atom stereocenters. The molecule has 0 aromatic rings. The number of hydrogen-bond acceptors (Lipinski definition) is 2. The van der Waals surface area contributed by atoms with E-state index >= 15 is 0 Å². The fraction of sp³-hybridized carbons (Fsp3) is 1.00. The van der Waals surface area contributed by atoms with Gasteiger partial charge in [0.15, 0.2) is 0 Å². The molecule has 1 unspecified atom stereocenters. The Kier molecular flexibility index (Phi) is 3.24.